The summed E-state index contributed by atoms with van der Waals surface area (Å²) in [4.78, 5) is 11.2. The van der Waals surface area contributed by atoms with E-state index in [0.717, 1.165) is 29.9 Å². The first kappa shape index (κ1) is 14.0. The molecule has 0 bridgehead atoms. The average molecular weight is 254 g/mol. The Labute approximate surface area is 106 Å². The molecule has 0 aromatic heterocycles. The second-order valence-electron chi connectivity index (χ2n) is 3.88. The van der Waals surface area contributed by atoms with E-state index in [4.69, 9.17) is 5.73 Å². The van der Waals surface area contributed by atoms with Gasteiger partial charge in [0.05, 0.1) is 9.82 Å². The topological polar surface area (TPSA) is 69.2 Å². The number of nitro benzene ring substituents is 1. The van der Waals surface area contributed by atoms with E-state index in [9.17, 15) is 10.1 Å². The van der Waals surface area contributed by atoms with Crippen LogP contribution < -0.4 is 5.73 Å². The Bertz CT molecular complexity index is 371. The molecule has 0 amide bonds. The molecule has 0 fully saturated rings. The summed E-state index contributed by atoms with van der Waals surface area (Å²) in [6.45, 7) is 2.07. The number of para-hydroxylation sites is 1. The van der Waals surface area contributed by atoms with Crippen LogP contribution in [0.15, 0.2) is 29.2 Å². The van der Waals surface area contributed by atoms with Crippen LogP contribution >= 0.6 is 11.8 Å². The summed E-state index contributed by atoms with van der Waals surface area (Å²) < 4.78 is 0. The van der Waals surface area contributed by atoms with Crippen molar-refractivity contribution in [2.45, 2.75) is 37.1 Å². The molecule has 5 heteroatoms. The molecule has 0 aliphatic rings. The van der Waals surface area contributed by atoms with E-state index >= 15 is 0 Å². The minimum Gasteiger partial charge on any atom is -0.328 e. The lowest BCUT2D eigenvalue weighted by molar-refractivity contribution is -0.387. The molecule has 94 valence electrons. The number of thioether (sulfide) groups is 1. The standard InChI is InChI=1S/C12H18N2O2S/c1-2-10(13)6-5-9-17-12-8-4-3-7-11(12)14(15)16/h3-4,7-8,10H,2,5-6,9,13H2,1H3. The van der Waals surface area contributed by atoms with Gasteiger partial charge in [0.25, 0.3) is 5.69 Å². The fourth-order valence-electron chi connectivity index (χ4n) is 1.46. The highest BCUT2D eigenvalue weighted by molar-refractivity contribution is 7.99. The second kappa shape index (κ2) is 7.29. The van der Waals surface area contributed by atoms with E-state index in [2.05, 4.69) is 6.92 Å². The second-order valence-corrected chi connectivity index (χ2v) is 5.02. The molecule has 0 heterocycles. The zero-order valence-electron chi connectivity index (χ0n) is 9.96. The Morgan fingerprint density at radius 2 is 2.18 bits per heavy atom. The van der Waals surface area contributed by atoms with Gasteiger partial charge in [0.2, 0.25) is 0 Å². The van der Waals surface area contributed by atoms with Crippen LogP contribution in [0.2, 0.25) is 0 Å². The molecular formula is C12H18N2O2S. The van der Waals surface area contributed by atoms with E-state index in [1.807, 2.05) is 6.07 Å². The summed E-state index contributed by atoms with van der Waals surface area (Å²) >= 11 is 1.53. The Balaban J connectivity index is 2.44. The van der Waals surface area contributed by atoms with Crippen LogP contribution in [-0.4, -0.2) is 16.7 Å². The van der Waals surface area contributed by atoms with Crippen molar-refractivity contribution in [2.75, 3.05) is 5.75 Å². The summed E-state index contributed by atoms with van der Waals surface area (Å²) in [5, 5.41) is 10.8. The highest BCUT2D eigenvalue weighted by atomic mass is 32.2. The first-order valence-corrected chi connectivity index (χ1v) is 6.75. The van der Waals surface area contributed by atoms with Crippen molar-refractivity contribution in [2.24, 2.45) is 5.73 Å². The molecule has 17 heavy (non-hydrogen) atoms. The zero-order valence-corrected chi connectivity index (χ0v) is 10.8. The first-order valence-electron chi connectivity index (χ1n) is 5.77. The van der Waals surface area contributed by atoms with Gasteiger partial charge in [0.1, 0.15) is 0 Å². The molecule has 1 rings (SSSR count). The van der Waals surface area contributed by atoms with E-state index < -0.39 is 0 Å². The normalized spacial score (nSPS) is 12.4. The fraction of sp³-hybridized carbons (Fsp3) is 0.500. The quantitative estimate of drug-likeness (QED) is 0.351. The Hall–Kier alpha value is -1.07. The van der Waals surface area contributed by atoms with Crippen LogP contribution in [0.4, 0.5) is 5.69 Å². The van der Waals surface area contributed by atoms with Crippen molar-refractivity contribution in [3.8, 4) is 0 Å². The number of nitrogens with two attached hydrogens (primary N) is 1. The third-order valence-corrected chi connectivity index (χ3v) is 3.71. The van der Waals surface area contributed by atoms with E-state index in [-0.39, 0.29) is 16.7 Å². The van der Waals surface area contributed by atoms with Gasteiger partial charge in [0, 0.05) is 12.1 Å². The SMILES string of the molecule is CCC(N)CCCSc1ccccc1[N+](=O)[O-]. The van der Waals surface area contributed by atoms with E-state index in [0.29, 0.717) is 0 Å². The first-order chi connectivity index (χ1) is 8.15. The summed E-state index contributed by atoms with van der Waals surface area (Å²) in [7, 11) is 0. The molecule has 0 aliphatic heterocycles. The third-order valence-electron chi connectivity index (χ3n) is 2.56. The number of hydrogen-bond donors (Lipinski definition) is 1. The molecule has 1 unspecified atom stereocenters. The van der Waals surface area contributed by atoms with Crippen molar-refractivity contribution < 1.29 is 4.92 Å². The minimum absolute atomic E-state index is 0.192. The molecule has 0 saturated carbocycles. The van der Waals surface area contributed by atoms with Gasteiger partial charge in [-0.05, 0) is 31.1 Å². The number of benzene rings is 1. The lowest BCUT2D eigenvalue weighted by Crippen LogP contribution is -2.18. The van der Waals surface area contributed by atoms with Crippen LogP contribution in [0.3, 0.4) is 0 Å². The maximum Gasteiger partial charge on any atom is 0.282 e. The lowest BCUT2D eigenvalue weighted by atomic mass is 10.1. The number of nitro groups is 1. The smallest absolute Gasteiger partial charge is 0.282 e. The van der Waals surface area contributed by atoms with Crippen molar-refractivity contribution in [3.63, 3.8) is 0 Å². The van der Waals surface area contributed by atoms with Crippen LogP contribution in [0.25, 0.3) is 0 Å². The highest BCUT2D eigenvalue weighted by Gasteiger charge is 2.12. The van der Waals surface area contributed by atoms with Gasteiger partial charge in [-0.25, -0.2) is 0 Å². The van der Waals surface area contributed by atoms with Crippen LogP contribution in [0.5, 0.6) is 0 Å². The van der Waals surface area contributed by atoms with Crippen LogP contribution in [0.1, 0.15) is 26.2 Å². The fourth-order valence-corrected chi connectivity index (χ4v) is 2.46. The maximum absolute atomic E-state index is 10.8. The van der Waals surface area contributed by atoms with E-state index in [1.54, 1.807) is 18.2 Å². The molecular weight excluding hydrogens is 236 g/mol. The van der Waals surface area contributed by atoms with E-state index in [1.165, 1.54) is 11.8 Å². The number of rotatable bonds is 7. The summed E-state index contributed by atoms with van der Waals surface area (Å²) in [6, 6.07) is 7.10. The number of hydrogen-bond acceptors (Lipinski definition) is 4. The van der Waals surface area contributed by atoms with Gasteiger partial charge < -0.3 is 5.73 Å². The molecule has 1 aromatic rings. The maximum atomic E-state index is 10.8. The summed E-state index contributed by atoms with van der Waals surface area (Å²) in [5.41, 5.74) is 6.00. The van der Waals surface area contributed by atoms with Gasteiger partial charge in [-0.3, -0.25) is 10.1 Å². The molecule has 0 aliphatic carbocycles. The predicted octanol–water partition coefficient (Wildman–Crippen LogP) is 3.20. The Morgan fingerprint density at radius 3 is 2.82 bits per heavy atom. The Kier molecular flexibility index (Phi) is 6.00. The minimum atomic E-state index is -0.333. The predicted molar refractivity (Wildman–Crippen MR) is 71.3 cm³/mol. The van der Waals surface area contributed by atoms with Gasteiger partial charge >= 0.3 is 0 Å². The molecule has 2 N–H and O–H groups in total. The lowest BCUT2D eigenvalue weighted by Gasteiger charge is -2.07. The summed E-state index contributed by atoms with van der Waals surface area (Å²) in [5.74, 6) is 0.874. The average Bonchev–Trinajstić information content (AvgIpc) is 2.34. The highest BCUT2D eigenvalue weighted by Crippen LogP contribution is 2.29. The van der Waals surface area contributed by atoms with Gasteiger partial charge in [0.15, 0.2) is 0 Å². The third kappa shape index (κ3) is 4.75. The van der Waals surface area contributed by atoms with Crippen molar-refractivity contribution in [1.29, 1.82) is 0 Å². The molecule has 0 saturated heterocycles. The molecule has 1 atom stereocenters. The van der Waals surface area contributed by atoms with Crippen molar-refractivity contribution >= 4 is 17.4 Å². The monoisotopic (exact) mass is 254 g/mol. The summed E-state index contributed by atoms with van der Waals surface area (Å²) in [6.07, 6.45) is 2.95. The number of nitrogens with zero attached hydrogens (tertiary/aromatic N) is 1. The molecule has 4 nitrogen and oxygen atoms in total. The van der Waals surface area contributed by atoms with Crippen LogP contribution in [-0.2, 0) is 0 Å². The molecule has 0 spiro atoms. The Morgan fingerprint density at radius 1 is 1.47 bits per heavy atom. The largest absolute Gasteiger partial charge is 0.328 e. The van der Waals surface area contributed by atoms with Gasteiger partial charge in [-0.15, -0.1) is 11.8 Å². The van der Waals surface area contributed by atoms with Crippen LogP contribution in [0, 0.1) is 10.1 Å². The van der Waals surface area contributed by atoms with Crippen molar-refractivity contribution in [3.05, 3.63) is 34.4 Å². The van der Waals surface area contributed by atoms with Gasteiger partial charge in [-0.2, -0.15) is 0 Å². The van der Waals surface area contributed by atoms with Gasteiger partial charge in [-0.1, -0.05) is 19.1 Å². The van der Waals surface area contributed by atoms with Crippen molar-refractivity contribution in [1.82, 2.24) is 0 Å². The molecule has 1 aromatic carbocycles. The molecule has 0 radical (unpaired) electrons. The zero-order chi connectivity index (χ0) is 12.7.